The van der Waals surface area contributed by atoms with Crippen molar-refractivity contribution in [3.8, 4) is 11.3 Å². The molecule has 0 spiro atoms. The lowest BCUT2D eigenvalue weighted by atomic mass is 10.1. The van der Waals surface area contributed by atoms with Gasteiger partial charge in [0.25, 0.3) is 0 Å². The largest absolute Gasteiger partial charge is 0.366 e. The first-order chi connectivity index (χ1) is 16.1. The van der Waals surface area contributed by atoms with Gasteiger partial charge in [-0.05, 0) is 50.1 Å². The number of carbonyl (C=O) groups is 1. The summed E-state index contributed by atoms with van der Waals surface area (Å²) >= 11 is 0. The number of primary amides is 1. The van der Waals surface area contributed by atoms with Crippen molar-refractivity contribution in [2.45, 2.75) is 39.7 Å². The highest BCUT2D eigenvalue weighted by Gasteiger charge is 2.21. The zero-order chi connectivity index (χ0) is 23.4. The topological polar surface area (TPSA) is 101 Å². The van der Waals surface area contributed by atoms with E-state index in [2.05, 4.69) is 33.3 Å². The molecule has 1 saturated heterocycles. The molecule has 170 valence electrons. The summed E-state index contributed by atoms with van der Waals surface area (Å²) < 4.78 is 1.73. The molecule has 0 bridgehead atoms. The smallest absolute Gasteiger partial charge is 0.248 e. The molecule has 1 aromatic carbocycles. The number of anilines is 3. The molecule has 5 rings (SSSR count). The van der Waals surface area contributed by atoms with Crippen LogP contribution in [0, 0.1) is 0 Å². The number of benzene rings is 1. The van der Waals surface area contributed by atoms with Crippen molar-refractivity contribution in [2.24, 2.45) is 5.73 Å². The molecule has 0 radical (unpaired) electrons. The molecule has 8 heteroatoms. The van der Waals surface area contributed by atoms with Crippen molar-refractivity contribution < 1.29 is 4.79 Å². The minimum Gasteiger partial charge on any atom is -0.366 e. The lowest BCUT2D eigenvalue weighted by molar-refractivity contribution is 0.100. The van der Waals surface area contributed by atoms with Crippen LogP contribution in [0.4, 0.5) is 17.3 Å². The summed E-state index contributed by atoms with van der Waals surface area (Å²) in [6.07, 6.45) is 5.90. The minimum absolute atomic E-state index is 0.454. The van der Waals surface area contributed by atoms with Gasteiger partial charge in [0.15, 0.2) is 5.65 Å². The first-order valence-corrected chi connectivity index (χ1v) is 11.3. The quantitative estimate of drug-likeness (QED) is 0.466. The Kier molecular flexibility index (Phi) is 6.53. The number of fused-ring (bicyclic) bond motifs is 1. The lowest BCUT2D eigenvalue weighted by Crippen LogP contribution is -2.27. The SMILES string of the molecule is CC.CC1CCCN1c1cccc(Nc2cc(-c3ccc(C(N)=O)cc3)nn3ccnc23)n1. The Balaban J connectivity index is 0.00000126. The molecule has 1 fully saturated rings. The van der Waals surface area contributed by atoms with Crippen LogP contribution in [-0.2, 0) is 0 Å². The number of hydrogen-bond acceptors (Lipinski definition) is 6. The molecule has 1 amide bonds. The van der Waals surface area contributed by atoms with Crippen molar-refractivity contribution in [3.05, 3.63) is 66.5 Å². The first-order valence-electron chi connectivity index (χ1n) is 11.3. The number of nitrogens with one attached hydrogen (secondary N) is 1. The molecular weight excluding hydrogens is 414 g/mol. The number of amides is 1. The second-order valence-electron chi connectivity index (χ2n) is 7.77. The molecule has 1 aliphatic rings. The molecule has 3 aromatic heterocycles. The van der Waals surface area contributed by atoms with Gasteiger partial charge in [-0.2, -0.15) is 5.10 Å². The highest BCUT2D eigenvalue weighted by Crippen LogP contribution is 2.28. The molecule has 8 nitrogen and oxygen atoms in total. The summed E-state index contributed by atoms with van der Waals surface area (Å²) in [7, 11) is 0. The van der Waals surface area contributed by atoms with Crippen molar-refractivity contribution >= 4 is 28.9 Å². The summed E-state index contributed by atoms with van der Waals surface area (Å²) in [5.41, 5.74) is 8.93. The van der Waals surface area contributed by atoms with E-state index in [0.29, 0.717) is 17.3 Å². The van der Waals surface area contributed by atoms with Crippen LogP contribution in [0.25, 0.3) is 16.9 Å². The van der Waals surface area contributed by atoms with Crippen LogP contribution < -0.4 is 16.0 Å². The zero-order valence-corrected chi connectivity index (χ0v) is 19.2. The van der Waals surface area contributed by atoms with Gasteiger partial charge in [0, 0.05) is 36.1 Å². The molecular formula is C25H29N7O. The van der Waals surface area contributed by atoms with Gasteiger partial charge in [0.1, 0.15) is 11.6 Å². The van der Waals surface area contributed by atoms with Gasteiger partial charge in [0.2, 0.25) is 5.91 Å². The Morgan fingerprint density at radius 1 is 1.15 bits per heavy atom. The van der Waals surface area contributed by atoms with E-state index in [1.54, 1.807) is 29.0 Å². The van der Waals surface area contributed by atoms with E-state index in [1.807, 2.05) is 44.2 Å². The van der Waals surface area contributed by atoms with E-state index in [4.69, 9.17) is 10.7 Å². The number of aromatic nitrogens is 4. The molecule has 4 aromatic rings. The summed E-state index contributed by atoms with van der Waals surface area (Å²) in [5.74, 6) is 1.28. The van der Waals surface area contributed by atoms with Crippen LogP contribution >= 0.6 is 0 Å². The van der Waals surface area contributed by atoms with E-state index in [0.717, 1.165) is 35.1 Å². The van der Waals surface area contributed by atoms with Crippen LogP contribution in [0.5, 0.6) is 0 Å². The van der Waals surface area contributed by atoms with Crippen molar-refractivity contribution in [3.63, 3.8) is 0 Å². The Bertz CT molecular complexity index is 1250. The van der Waals surface area contributed by atoms with Gasteiger partial charge in [-0.3, -0.25) is 4.79 Å². The third-order valence-corrected chi connectivity index (χ3v) is 5.67. The van der Waals surface area contributed by atoms with Gasteiger partial charge >= 0.3 is 0 Å². The number of nitrogens with zero attached hydrogens (tertiary/aromatic N) is 5. The number of pyridine rings is 1. The average Bonchev–Trinajstić information content (AvgIpc) is 3.49. The third-order valence-electron chi connectivity index (χ3n) is 5.67. The molecule has 33 heavy (non-hydrogen) atoms. The van der Waals surface area contributed by atoms with Crippen LogP contribution in [0.2, 0.25) is 0 Å². The Labute approximate surface area is 193 Å². The van der Waals surface area contributed by atoms with E-state index >= 15 is 0 Å². The second kappa shape index (κ2) is 9.68. The number of nitrogens with two attached hydrogens (primary N) is 1. The van der Waals surface area contributed by atoms with Crippen molar-refractivity contribution in [1.29, 1.82) is 0 Å². The van der Waals surface area contributed by atoms with Crippen LogP contribution in [0.1, 0.15) is 44.0 Å². The van der Waals surface area contributed by atoms with E-state index < -0.39 is 5.91 Å². The first kappa shape index (κ1) is 22.3. The molecule has 4 heterocycles. The van der Waals surface area contributed by atoms with Crippen LogP contribution in [0.3, 0.4) is 0 Å². The average molecular weight is 444 g/mol. The lowest BCUT2D eigenvalue weighted by Gasteiger charge is -2.23. The molecule has 3 N–H and O–H groups in total. The highest BCUT2D eigenvalue weighted by molar-refractivity contribution is 5.93. The van der Waals surface area contributed by atoms with Gasteiger partial charge in [-0.1, -0.05) is 32.0 Å². The monoisotopic (exact) mass is 443 g/mol. The predicted molar refractivity (Wildman–Crippen MR) is 132 cm³/mol. The fourth-order valence-corrected chi connectivity index (χ4v) is 4.02. The van der Waals surface area contributed by atoms with E-state index in [9.17, 15) is 4.79 Å². The summed E-state index contributed by atoms with van der Waals surface area (Å²) in [6, 6.07) is 15.5. The fraction of sp³-hybridized carbons (Fsp3) is 0.280. The third kappa shape index (κ3) is 4.64. The Morgan fingerprint density at radius 3 is 2.64 bits per heavy atom. The molecule has 1 unspecified atom stereocenters. The predicted octanol–water partition coefficient (Wildman–Crippen LogP) is 4.65. The molecule has 0 saturated carbocycles. The Hall–Kier alpha value is -3.94. The number of imidazole rings is 1. The number of carbonyl (C=O) groups excluding carboxylic acids is 1. The van der Waals surface area contributed by atoms with Crippen LogP contribution in [-0.4, -0.2) is 38.1 Å². The fourth-order valence-electron chi connectivity index (χ4n) is 4.02. The maximum Gasteiger partial charge on any atom is 0.248 e. The van der Waals surface area contributed by atoms with E-state index in [-0.39, 0.29) is 0 Å². The summed E-state index contributed by atoms with van der Waals surface area (Å²) in [5, 5.41) is 8.06. The molecule has 1 atom stereocenters. The molecule has 0 aliphatic carbocycles. The van der Waals surface area contributed by atoms with Crippen molar-refractivity contribution in [1.82, 2.24) is 19.6 Å². The minimum atomic E-state index is -0.454. The summed E-state index contributed by atoms with van der Waals surface area (Å²) in [4.78, 5) is 23.0. The Morgan fingerprint density at radius 2 is 1.94 bits per heavy atom. The van der Waals surface area contributed by atoms with Gasteiger partial charge in [-0.15, -0.1) is 0 Å². The van der Waals surface area contributed by atoms with Crippen LogP contribution in [0.15, 0.2) is 60.9 Å². The standard InChI is InChI=1S/C23H23N7O.C2H6/c1-15-4-3-12-29(15)21-6-2-5-20(27-21)26-19-14-18(28-30-13-11-25-23(19)30)16-7-9-17(10-8-16)22(24)31;1-2/h2,5-11,13-15H,3-4,12H2,1H3,(H2,24,31)(H,26,27);1-2H3. The van der Waals surface area contributed by atoms with Gasteiger partial charge in [0.05, 0.1) is 11.4 Å². The van der Waals surface area contributed by atoms with Gasteiger partial charge in [-0.25, -0.2) is 14.5 Å². The number of hydrogen-bond donors (Lipinski definition) is 2. The number of rotatable bonds is 5. The zero-order valence-electron chi connectivity index (χ0n) is 19.2. The maximum atomic E-state index is 11.4. The van der Waals surface area contributed by atoms with Crippen molar-refractivity contribution in [2.75, 3.05) is 16.8 Å². The van der Waals surface area contributed by atoms with E-state index in [1.165, 1.54) is 12.8 Å². The second-order valence-corrected chi connectivity index (χ2v) is 7.77. The summed E-state index contributed by atoms with van der Waals surface area (Å²) in [6.45, 7) is 7.27. The maximum absolute atomic E-state index is 11.4. The van der Waals surface area contributed by atoms with Gasteiger partial charge < -0.3 is 16.0 Å². The molecule has 1 aliphatic heterocycles. The highest BCUT2D eigenvalue weighted by atomic mass is 16.1. The normalized spacial score (nSPS) is 15.2.